The lowest BCUT2D eigenvalue weighted by Crippen LogP contribution is -2.60. The van der Waals surface area contributed by atoms with Crippen LogP contribution in [0, 0.1) is 45.8 Å². The molecule has 1 spiro atoms. The molecule has 7 rings (SSSR count). The molecule has 7 aliphatic rings. The van der Waals surface area contributed by atoms with Gasteiger partial charge in [0.2, 0.25) is 0 Å². The van der Waals surface area contributed by atoms with Crippen LogP contribution in [-0.2, 0) is 23.9 Å². The molecule has 3 saturated carbocycles. The van der Waals surface area contributed by atoms with E-state index in [2.05, 4.69) is 26.5 Å². The summed E-state index contributed by atoms with van der Waals surface area (Å²) in [7, 11) is 0. The normalized spacial score (nSPS) is 55.6. The Morgan fingerprint density at radius 2 is 1.84 bits per heavy atom. The zero-order chi connectivity index (χ0) is 26.4. The van der Waals surface area contributed by atoms with E-state index >= 15 is 0 Å². The smallest absolute Gasteiger partial charge is 0.334 e. The summed E-state index contributed by atoms with van der Waals surface area (Å²) in [5.74, 6) is -1.54. The maximum Gasteiger partial charge on any atom is 0.334 e. The Morgan fingerprint density at radius 1 is 1.11 bits per heavy atom. The molecule has 0 aromatic heterocycles. The average molecular weight is 509 g/mol. The SMILES string of the molecule is C=C1C(=O)OC2C1C(O)CC(C)(O)C13C=CC(C)(CC14C(=O)OC1CC(C)C5CC(=O)C(C)=C5CC14)C23. The lowest BCUT2D eigenvalue weighted by molar-refractivity contribution is -0.176. The van der Waals surface area contributed by atoms with E-state index in [1.54, 1.807) is 6.92 Å². The van der Waals surface area contributed by atoms with Gasteiger partial charge in [0.05, 0.1) is 23.0 Å². The summed E-state index contributed by atoms with van der Waals surface area (Å²) in [4.78, 5) is 39.7. The Morgan fingerprint density at radius 3 is 2.57 bits per heavy atom. The van der Waals surface area contributed by atoms with E-state index in [9.17, 15) is 24.6 Å². The van der Waals surface area contributed by atoms with Gasteiger partial charge in [0, 0.05) is 35.7 Å². The van der Waals surface area contributed by atoms with Crippen molar-refractivity contribution in [2.45, 2.75) is 83.7 Å². The van der Waals surface area contributed by atoms with Gasteiger partial charge in [-0.25, -0.2) is 4.79 Å². The maximum atomic E-state index is 14.3. The van der Waals surface area contributed by atoms with Crippen LogP contribution in [0.25, 0.3) is 0 Å². The third kappa shape index (κ3) is 2.45. The number of hydrogen-bond donors (Lipinski definition) is 2. The Kier molecular flexibility index (Phi) is 4.41. The predicted molar refractivity (Wildman–Crippen MR) is 132 cm³/mol. The van der Waals surface area contributed by atoms with Crippen molar-refractivity contribution in [1.82, 2.24) is 0 Å². The van der Waals surface area contributed by atoms with Crippen LogP contribution in [0.4, 0.5) is 0 Å². The number of hydrogen-bond acceptors (Lipinski definition) is 7. The van der Waals surface area contributed by atoms with E-state index in [1.165, 1.54) is 0 Å². The van der Waals surface area contributed by atoms with Gasteiger partial charge in [0.15, 0.2) is 5.78 Å². The second kappa shape index (κ2) is 6.84. The number of fused-ring (bicyclic) bond motifs is 4. The molecular weight excluding hydrogens is 472 g/mol. The third-order valence-electron chi connectivity index (χ3n) is 12.0. The minimum atomic E-state index is -1.47. The van der Waals surface area contributed by atoms with Crippen molar-refractivity contribution in [3.8, 4) is 0 Å². The molecule has 5 fully saturated rings. The summed E-state index contributed by atoms with van der Waals surface area (Å²) in [6, 6.07) is 0. The molecule has 2 N–H and O–H groups in total. The first kappa shape index (κ1) is 23.8. The van der Waals surface area contributed by atoms with Crippen LogP contribution in [0.3, 0.4) is 0 Å². The highest BCUT2D eigenvalue weighted by Crippen LogP contribution is 2.81. The maximum absolute atomic E-state index is 14.3. The van der Waals surface area contributed by atoms with Crippen molar-refractivity contribution in [1.29, 1.82) is 0 Å². The van der Waals surface area contributed by atoms with Crippen LogP contribution in [0.5, 0.6) is 0 Å². The second-order valence-corrected chi connectivity index (χ2v) is 13.7. The highest BCUT2D eigenvalue weighted by molar-refractivity contribution is 5.98. The first-order valence-electron chi connectivity index (χ1n) is 13.7. The molecule has 37 heavy (non-hydrogen) atoms. The standard InChI is InChI=1S/C30H36O7/c1-13-8-21-18(9-17-14(2)19(31)10-16(13)17)29(26(34)36-21)12-27(4)6-7-30(29)24(27)23-22(15(3)25(33)37-23)20(32)11-28(30,5)35/h6-7,13,16,18,20-24,32,35H,3,8-12H2,1-2,4-5H3. The Labute approximate surface area is 217 Å². The highest BCUT2D eigenvalue weighted by Gasteiger charge is 2.85. The van der Waals surface area contributed by atoms with Crippen LogP contribution in [0.1, 0.15) is 59.8 Å². The number of carbonyl (C=O) groups excluding carboxylic acids is 3. The number of esters is 2. The van der Waals surface area contributed by atoms with Gasteiger partial charge in [-0.15, -0.1) is 0 Å². The van der Waals surface area contributed by atoms with Crippen LogP contribution >= 0.6 is 0 Å². The first-order valence-corrected chi connectivity index (χ1v) is 13.7. The molecule has 0 radical (unpaired) electrons. The van der Waals surface area contributed by atoms with Crippen LogP contribution in [0.2, 0.25) is 0 Å². The molecule has 7 heteroatoms. The summed E-state index contributed by atoms with van der Waals surface area (Å²) in [5, 5.41) is 23.7. The van der Waals surface area contributed by atoms with E-state index in [0.717, 1.165) is 11.1 Å². The van der Waals surface area contributed by atoms with Crippen molar-refractivity contribution in [3.05, 3.63) is 35.5 Å². The van der Waals surface area contributed by atoms with E-state index < -0.39 is 51.9 Å². The molecule has 12 atom stereocenters. The molecule has 12 unspecified atom stereocenters. The monoisotopic (exact) mass is 508 g/mol. The molecular formula is C30H36O7. The molecule has 2 heterocycles. The van der Waals surface area contributed by atoms with Crippen molar-refractivity contribution >= 4 is 17.7 Å². The number of aliphatic hydroxyl groups is 2. The Balaban J connectivity index is 1.45. The zero-order valence-corrected chi connectivity index (χ0v) is 22.0. The van der Waals surface area contributed by atoms with Crippen LogP contribution in [0.15, 0.2) is 35.5 Å². The second-order valence-electron chi connectivity index (χ2n) is 13.7. The molecule has 2 saturated heterocycles. The minimum Gasteiger partial charge on any atom is -0.462 e. The van der Waals surface area contributed by atoms with Gasteiger partial charge in [0.25, 0.3) is 0 Å². The van der Waals surface area contributed by atoms with Gasteiger partial charge in [0.1, 0.15) is 12.2 Å². The highest BCUT2D eigenvalue weighted by atomic mass is 16.6. The summed E-state index contributed by atoms with van der Waals surface area (Å²) in [5.41, 5.74) is -2.00. The van der Waals surface area contributed by atoms with Crippen LogP contribution in [-0.4, -0.2) is 51.8 Å². The van der Waals surface area contributed by atoms with Crippen molar-refractivity contribution < 1.29 is 34.1 Å². The van der Waals surface area contributed by atoms with E-state index in [1.807, 2.05) is 13.0 Å². The summed E-state index contributed by atoms with van der Waals surface area (Å²) in [6.45, 7) is 11.8. The summed E-state index contributed by atoms with van der Waals surface area (Å²) >= 11 is 0. The van der Waals surface area contributed by atoms with Gasteiger partial charge in [-0.3, -0.25) is 9.59 Å². The van der Waals surface area contributed by atoms with Gasteiger partial charge in [-0.05, 0) is 55.9 Å². The third-order valence-corrected chi connectivity index (χ3v) is 12.0. The number of carbonyl (C=O) groups is 3. The van der Waals surface area contributed by atoms with E-state index in [0.29, 0.717) is 25.7 Å². The van der Waals surface area contributed by atoms with Gasteiger partial charge in [-0.2, -0.15) is 0 Å². The van der Waals surface area contributed by atoms with Crippen molar-refractivity contribution in [3.63, 3.8) is 0 Å². The number of ketones is 1. The molecule has 198 valence electrons. The van der Waals surface area contributed by atoms with Gasteiger partial charge < -0.3 is 19.7 Å². The van der Waals surface area contributed by atoms with E-state index in [4.69, 9.17) is 9.47 Å². The first-order chi connectivity index (χ1) is 17.3. The zero-order valence-electron chi connectivity index (χ0n) is 22.0. The Bertz CT molecular complexity index is 1240. The minimum absolute atomic E-state index is 0.00754. The molecule has 0 aromatic rings. The van der Waals surface area contributed by atoms with Crippen molar-refractivity contribution in [2.24, 2.45) is 45.8 Å². The molecule has 0 aromatic carbocycles. The number of aliphatic hydroxyl groups excluding tert-OH is 1. The van der Waals surface area contributed by atoms with Crippen LogP contribution < -0.4 is 0 Å². The quantitative estimate of drug-likeness (QED) is 0.294. The largest absolute Gasteiger partial charge is 0.462 e. The number of Topliss-reactive ketones (excluding diaryl/α,β-unsaturated/α-hetero) is 1. The fourth-order valence-corrected chi connectivity index (χ4v) is 10.6. The molecule has 2 bridgehead atoms. The average Bonchev–Trinajstić information content (AvgIpc) is 3.47. The lowest BCUT2D eigenvalue weighted by Gasteiger charge is -2.53. The number of rotatable bonds is 0. The summed E-state index contributed by atoms with van der Waals surface area (Å²) in [6.07, 6.45) is 4.30. The number of allylic oxidation sites excluding steroid dienone is 3. The summed E-state index contributed by atoms with van der Waals surface area (Å²) < 4.78 is 12.2. The molecule has 0 amide bonds. The number of ether oxygens (including phenoxy) is 2. The van der Waals surface area contributed by atoms with Gasteiger partial charge >= 0.3 is 11.9 Å². The van der Waals surface area contributed by atoms with Crippen molar-refractivity contribution in [2.75, 3.05) is 0 Å². The van der Waals surface area contributed by atoms with Gasteiger partial charge in [-0.1, -0.05) is 38.2 Å². The molecule has 2 aliphatic heterocycles. The molecule has 5 aliphatic carbocycles. The fraction of sp³-hybridized carbons (Fsp3) is 0.700. The predicted octanol–water partition coefficient (Wildman–Crippen LogP) is 3.05. The topological polar surface area (TPSA) is 110 Å². The molecule has 7 nitrogen and oxygen atoms in total. The fourth-order valence-electron chi connectivity index (χ4n) is 10.6. The lowest BCUT2D eigenvalue weighted by atomic mass is 9.49. The Hall–Kier alpha value is -2.25. The van der Waals surface area contributed by atoms with E-state index in [-0.39, 0.29) is 47.6 Å².